The van der Waals surface area contributed by atoms with Gasteiger partial charge >= 0.3 is 0 Å². The molecule has 102 valence electrons. The Morgan fingerprint density at radius 2 is 2.22 bits per heavy atom. The largest absolute Gasteiger partial charge is 0.396 e. The highest BCUT2D eigenvalue weighted by Gasteiger charge is 2.17. The van der Waals surface area contributed by atoms with Crippen molar-refractivity contribution in [1.29, 1.82) is 0 Å². The van der Waals surface area contributed by atoms with Crippen LogP contribution in [0.25, 0.3) is 0 Å². The van der Waals surface area contributed by atoms with E-state index in [1.54, 1.807) is 6.20 Å². The lowest BCUT2D eigenvalue weighted by molar-refractivity contribution is 0.0928. The first-order valence-electron chi connectivity index (χ1n) is 6.47. The second-order valence-corrected chi connectivity index (χ2v) is 4.77. The van der Waals surface area contributed by atoms with E-state index in [2.05, 4.69) is 10.4 Å². The Labute approximate surface area is 108 Å². The molecular formula is C13H23N3O2. The number of aromatic nitrogens is 2. The minimum atomic E-state index is -0.111. The van der Waals surface area contributed by atoms with Crippen LogP contribution < -0.4 is 5.32 Å². The smallest absolute Gasteiger partial charge is 0.254 e. The lowest BCUT2D eigenvalue weighted by atomic mass is 10.1. The molecule has 1 heterocycles. The number of nitrogens with zero attached hydrogens (tertiary/aromatic N) is 2. The lowest BCUT2D eigenvalue weighted by Gasteiger charge is -2.15. The number of amides is 1. The summed E-state index contributed by atoms with van der Waals surface area (Å²) < 4.78 is 1.84. The zero-order valence-electron chi connectivity index (χ0n) is 11.6. The van der Waals surface area contributed by atoms with E-state index < -0.39 is 0 Å². The minimum absolute atomic E-state index is 0.0179. The summed E-state index contributed by atoms with van der Waals surface area (Å²) >= 11 is 0. The molecule has 0 fully saturated rings. The first kappa shape index (κ1) is 14.7. The molecule has 0 radical (unpaired) electrons. The third-order valence-corrected chi connectivity index (χ3v) is 3.08. The minimum Gasteiger partial charge on any atom is -0.396 e. The fourth-order valence-electron chi connectivity index (χ4n) is 1.96. The molecule has 0 aromatic carbocycles. The predicted molar refractivity (Wildman–Crippen MR) is 70.6 cm³/mol. The van der Waals surface area contributed by atoms with E-state index in [0.717, 1.165) is 12.1 Å². The Kier molecular flexibility index (Phi) is 5.34. The summed E-state index contributed by atoms with van der Waals surface area (Å²) in [4.78, 5) is 12.1. The van der Waals surface area contributed by atoms with Gasteiger partial charge in [-0.3, -0.25) is 9.48 Å². The quantitative estimate of drug-likeness (QED) is 0.810. The summed E-state index contributed by atoms with van der Waals surface area (Å²) in [6.07, 6.45) is 3.00. The normalized spacial score (nSPS) is 12.8. The highest BCUT2D eigenvalue weighted by Crippen LogP contribution is 2.13. The third kappa shape index (κ3) is 3.32. The van der Waals surface area contributed by atoms with Crippen molar-refractivity contribution in [2.45, 2.75) is 52.6 Å². The Morgan fingerprint density at radius 3 is 2.67 bits per heavy atom. The van der Waals surface area contributed by atoms with E-state index in [1.165, 1.54) is 0 Å². The van der Waals surface area contributed by atoms with Gasteiger partial charge in [-0.1, -0.05) is 6.92 Å². The molecule has 5 nitrogen and oxygen atoms in total. The van der Waals surface area contributed by atoms with Crippen molar-refractivity contribution in [1.82, 2.24) is 15.1 Å². The van der Waals surface area contributed by atoms with Gasteiger partial charge < -0.3 is 10.4 Å². The van der Waals surface area contributed by atoms with Gasteiger partial charge in [0.05, 0.1) is 11.8 Å². The van der Waals surface area contributed by atoms with Crippen LogP contribution in [0.2, 0.25) is 0 Å². The van der Waals surface area contributed by atoms with Crippen LogP contribution in [0, 0.1) is 6.92 Å². The zero-order valence-corrected chi connectivity index (χ0v) is 11.6. The maximum atomic E-state index is 12.1. The van der Waals surface area contributed by atoms with Gasteiger partial charge in [-0.25, -0.2) is 0 Å². The molecule has 1 atom stereocenters. The van der Waals surface area contributed by atoms with E-state index in [0.29, 0.717) is 12.0 Å². The van der Waals surface area contributed by atoms with Crippen LogP contribution >= 0.6 is 0 Å². The molecule has 0 saturated carbocycles. The molecule has 0 spiro atoms. The van der Waals surface area contributed by atoms with Gasteiger partial charge in [0.25, 0.3) is 5.91 Å². The molecule has 1 aromatic heterocycles. The molecule has 1 unspecified atom stereocenters. The van der Waals surface area contributed by atoms with Crippen LogP contribution in [-0.4, -0.2) is 33.4 Å². The molecule has 0 saturated heterocycles. The molecule has 2 N–H and O–H groups in total. The average Bonchev–Trinajstić information content (AvgIpc) is 2.70. The summed E-state index contributed by atoms with van der Waals surface area (Å²) in [6, 6.07) is 0.260. The van der Waals surface area contributed by atoms with Crippen molar-refractivity contribution >= 4 is 5.91 Å². The fraction of sp³-hybridized carbons (Fsp3) is 0.692. The SMILES string of the molecule is CCC(CCO)NC(=O)c1cnn(C(C)C)c1C. The average molecular weight is 253 g/mol. The van der Waals surface area contributed by atoms with Gasteiger partial charge in [0.15, 0.2) is 0 Å². The first-order chi connectivity index (χ1) is 8.51. The molecule has 1 amide bonds. The number of hydrogen-bond donors (Lipinski definition) is 2. The summed E-state index contributed by atoms with van der Waals surface area (Å²) in [7, 11) is 0. The zero-order chi connectivity index (χ0) is 13.7. The molecule has 1 rings (SSSR count). The predicted octanol–water partition coefficient (Wildman–Crippen LogP) is 1.66. The highest BCUT2D eigenvalue weighted by atomic mass is 16.3. The Morgan fingerprint density at radius 1 is 1.56 bits per heavy atom. The van der Waals surface area contributed by atoms with E-state index >= 15 is 0 Å². The maximum Gasteiger partial charge on any atom is 0.254 e. The number of nitrogens with one attached hydrogen (secondary N) is 1. The standard InChI is InChI=1S/C13H23N3O2/c1-5-11(6-7-17)15-13(18)12-8-14-16(9(2)3)10(12)4/h8-9,11,17H,5-7H2,1-4H3,(H,15,18). The van der Waals surface area contributed by atoms with Crippen molar-refractivity contribution in [2.24, 2.45) is 0 Å². The summed E-state index contributed by atoms with van der Waals surface area (Å²) in [5.74, 6) is -0.111. The molecule has 0 aliphatic heterocycles. The first-order valence-corrected chi connectivity index (χ1v) is 6.47. The van der Waals surface area contributed by atoms with Crippen LogP contribution in [0.3, 0.4) is 0 Å². The Hall–Kier alpha value is -1.36. The molecule has 0 aliphatic rings. The third-order valence-electron chi connectivity index (χ3n) is 3.08. The Bertz CT molecular complexity index is 399. The van der Waals surface area contributed by atoms with Crippen molar-refractivity contribution in [3.05, 3.63) is 17.5 Å². The van der Waals surface area contributed by atoms with Crippen LogP contribution in [0.15, 0.2) is 6.20 Å². The van der Waals surface area contributed by atoms with Gasteiger partial charge in [-0.2, -0.15) is 5.10 Å². The number of rotatable bonds is 6. The molecule has 0 aliphatic carbocycles. The number of carbonyl (C=O) groups excluding carboxylic acids is 1. The van der Waals surface area contributed by atoms with E-state index in [4.69, 9.17) is 5.11 Å². The van der Waals surface area contributed by atoms with Crippen molar-refractivity contribution < 1.29 is 9.90 Å². The number of aliphatic hydroxyl groups excluding tert-OH is 1. The number of aliphatic hydroxyl groups is 1. The number of carbonyl (C=O) groups is 1. The van der Waals surface area contributed by atoms with E-state index in [1.807, 2.05) is 32.4 Å². The van der Waals surface area contributed by atoms with Crippen molar-refractivity contribution in [3.8, 4) is 0 Å². The van der Waals surface area contributed by atoms with Crippen LogP contribution in [-0.2, 0) is 0 Å². The summed E-state index contributed by atoms with van der Waals surface area (Å²) in [5, 5.41) is 16.1. The van der Waals surface area contributed by atoms with Gasteiger partial charge in [-0.15, -0.1) is 0 Å². The van der Waals surface area contributed by atoms with Crippen LogP contribution in [0.5, 0.6) is 0 Å². The van der Waals surface area contributed by atoms with Gasteiger partial charge in [0.1, 0.15) is 0 Å². The molecule has 0 bridgehead atoms. The summed E-state index contributed by atoms with van der Waals surface area (Å²) in [5.41, 5.74) is 1.49. The molecule has 5 heteroatoms. The molecule has 18 heavy (non-hydrogen) atoms. The topological polar surface area (TPSA) is 67.2 Å². The lowest BCUT2D eigenvalue weighted by Crippen LogP contribution is -2.35. The second kappa shape index (κ2) is 6.54. The van der Waals surface area contributed by atoms with E-state index in [9.17, 15) is 4.79 Å². The monoisotopic (exact) mass is 253 g/mol. The highest BCUT2D eigenvalue weighted by molar-refractivity contribution is 5.95. The Balaban J connectivity index is 2.78. The van der Waals surface area contributed by atoms with Gasteiger partial charge in [0.2, 0.25) is 0 Å². The summed E-state index contributed by atoms with van der Waals surface area (Å²) in [6.45, 7) is 8.04. The number of hydrogen-bond acceptors (Lipinski definition) is 3. The van der Waals surface area contributed by atoms with Gasteiger partial charge in [-0.05, 0) is 33.6 Å². The van der Waals surface area contributed by atoms with Gasteiger partial charge in [0, 0.05) is 24.4 Å². The maximum absolute atomic E-state index is 12.1. The van der Waals surface area contributed by atoms with E-state index in [-0.39, 0.29) is 24.6 Å². The van der Waals surface area contributed by atoms with Crippen LogP contribution in [0.1, 0.15) is 55.7 Å². The van der Waals surface area contributed by atoms with Crippen molar-refractivity contribution in [3.63, 3.8) is 0 Å². The van der Waals surface area contributed by atoms with Crippen LogP contribution in [0.4, 0.5) is 0 Å². The van der Waals surface area contributed by atoms with Crippen molar-refractivity contribution in [2.75, 3.05) is 6.61 Å². The fourth-order valence-corrected chi connectivity index (χ4v) is 1.96. The molecular weight excluding hydrogens is 230 g/mol. The second-order valence-electron chi connectivity index (χ2n) is 4.77. The molecule has 1 aromatic rings.